The fourth-order valence-electron chi connectivity index (χ4n) is 3.42. The summed E-state index contributed by atoms with van der Waals surface area (Å²) in [6.45, 7) is 5.66. The Balaban J connectivity index is 1.65. The number of hydrogen-bond donors (Lipinski definition) is 1. The Kier molecular flexibility index (Phi) is 4.74. The van der Waals surface area contributed by atoms with Gasteiger partial charge in [0.05, 0.1) is 5.52 Å². The van der Waals surface area contributed by atoms with Gasteiger partial charge in [-0.25, -0.2) is 4.79 Å². The van der Waals surface area contributed by atoms with Crippen LogP contribution in [0.1, 0.15) is 45.7 Å². The number of ether oxygens (including phenoxy) is 1. The first kappa shape index (κ1) is 16.7. The van der Waals surface area contributed by atoms with Crippen molar-refractivity contribution in [2.75, 3.05) is 0 Å². The topological polar surface area (TPSA) is 51.2 Å². The molecular weight excluding hydrogens is 300 g/mol. The average Bonchev–Trinajstić information content (AvgIpc) is 2.92. The molecule has 3 rings (SSSR count). The molecule has 1 aromatic heterocycles. The van der Waals surface area contributed by atoms with Gasteiger partial charge in [-0.1, -0.05) is 30.7 Å². The van der Waals surface area contributed by atoms with E-state index in [2.05, 4.69) is 23.5 Å². The predicted molar refractivity (Wildman–Crippen MR) is 95.9 cm³/mol. The van der Waals surface area contributed by atoms with E-state index in [1.54, 1.807) is 0 Å². The van der Waals surface area contributed by atoms with E-state index in [1.807, 2.05) is 39.0 Å². The molecule has 2 aromatic rings. The molecule has 1 aliphatic carbocycles. The van der Waals surface area contributed by atoms with Crippen LogP contribution in [0.4, 0.5) is 4.79 Å². The van der Waals surface area contributed by atoms with Crippen LogP contribution < -0.4 is 5.32 Å². The van der Waals surface area contributed by atoms with Gasteiger partial charge in [0.15, 0.2) is 0 Å². The third-order valence-electron chi connectivity index (χ3n) is 4.49. The molecule has 1 N–H and O–H groups in total. The molecule has 0 saturated heterocycles. The van der Waals surface area contributed by atoms with Gasteiger partial charge >= 0.3 is 6.09 Å². The summed E-state index contributed by atoms with van der Waals surface area (Å²) in [5.74, 6) is 0.422. The second-order valence-corrected chi connectivity index (χ2v) is 7.64. The molecule has 0 unspecified atom stereocenters. The number of para-hydroxylation sites is 1. The van der Waals surface area contributed by atoms with E-state index in [1.165, 1.54) is 0 Å². The predicted octanol–water partition coefficient (Wildman–Crippen LogP) is 4.47. The molecule has 0 bridgehead atoms. The molecule has 1 saturated carbocycles. The second-order valence-electron chi connectivity index (χ2n) is 7.64. The lowest BCUT2D eigenvalue weighted by Crippen LogP contribution is -2.41. The lowest BCUT2D eigenvalue weighted by Gasteiger charge is -2.24. The van der Waals surface area contributed by atoms with E-state index >= 15 is 0 Å². The zero-order chi connectivity index (χ0) is 17.2. The third kappa shape index (κ3) is 4.25. The largest absolute Gasteiger partial charge is 0.444 e. The summed E-state index contributed by atoms with van der Waals surface area (Å²) in [5, 5.41) is 4.22. The summed E-state index contributed by atoms with van der Waals surface area (Å²) >= 11 is 0. The number of amides is 1. The van der Waals surface area contributed by atoms with E-state index in [0.717, 1.165) is 42.3 Å². The normalized spacial score (nSPS) is 21.0. The highest BCUT2D eigenvalue weighted by Gasteiger charge is 2.30. The number of carbonyl (C=O) groups excluding carboxylic acids is 1. The van der Waals surface area contributed by atoms with Crippen LogP contribution in [0, 0.1) is 5.92 Å². The molecule has 1 heterocycles. The van der Waals surface area contributed by atoms with Crippen molar-refractivity contribution >= 4 is 17.0 Å². The maximum absolute atomic E-state index is 12.0. The Hall–Kier alpha value is -2.10. The van der Waals surface area contributed by atoms with Crippen molar-refractivity contribution in [1.29, 1.82) is 0 Å². The van der Waals surface area contributed by atoms with E-state index in [9.17, 15) is 4.79 Å². The summed E-state index contributed by atoms with van der Waals surface area (Å²) in [4.78, 5) is 16.8. The molecule has 4 nitrogen and oxygen atoms in total. The Morgan fingerprint density at radius 3 is 2.79 bits per heavy atom. The summed E-state index contributed by atoms with van der Waals surface area (Å²) in [6.07, 6.45) is 3.85. The molecule has 1 amide bonds. The van der Waals surface area contributed by atoms with Crippen molar-refractivity contribution in [3.05, 3.63) is 42.1 Å². The van der Waals surface area contributed by atoms with E-state index in [-0.39, 0.29) is 12.1 Å². The van der Waals surface area contributed by atoms with Crippen molar-refractivity contribution in [2.24, 2.45) is 5.92 Å². The van der Waals surface area contributed by atoms with Gasteiger partial charge in [-0.3, -0.25) is 4.98 Å². The van der Waals surface area contributed by atoms with Crippen LogP contribution in [-0.2, 0) is 11.2 Å². The fraction of sp³-hybridized carbons (Fsp3) is 0.500. The molecule has 4 heteroatoms. The quantitative estimate of drug-likeness (QED) is 0.905. The molecule has 128 valence electrons. The lowest BCUT2D eigenvalue weighted by molar-refractivity contribution is 0.0492. The van der Waals surface area contributed by atoms with Crippen molar-refractivity contribution < 1.29 is 9.53 Å². The van der Waals surface area contributed by atoms with Crippen molar-refractivity contribution in [3.8, 4) is 0 Å². The van der Waals surface area contributed by atoms with Crippen molar-refractivity contribution in [2.45, 2.75) is 58.1 Å². The highest BCUT2D eigenvalue weighted by Crippen LogP contribution is 2.29. The third-order valence-corrected chi connectivity index (χ3v) is 4.49. The summed E-state index contributed by atoms with van der Waals surface area (Å²) in [5.41, 5.74) is 1.67. The molecule has 0 aliphatic heterocycles. The van der Waals surface area contributed by atoms with Crippen LogP contribution >= 0.6 is 0 Å². The van der Waals surface area contributed by atoms with Crippen LogP contribution in [0.5, 0.6) is 0 Å². The number of rotatable bonds is 3. The minimum atomic E-state index is -0.460. The number of fused-ring (bicyclic) bond motifs is 1. The highest BCUT2D eigenvalue weighted by molar-refractivity contribution is 5.78. The molecule has 0 radical (unpaired) electrons. The number of hydrogen-bond acceptors (Lipinski definition) is 3. The van der Waals surface area contributed by atoms with Gasteiger partial charge in [-0.2, -0.15) is 0 Å². The van der Waals surface area contributed by atoms with Crippen LogP contribution in [0.25, 0.3) is 10.9 Å². The monoisotopic (exact) mass is 326 g/mol. The molecule has 2 atom stereocenters. The lowest BCUT2D eigenvalue weighted by atomic mass is 9.97. The van der Waals surface area contributed by atoms with Gasteiger partial charge < -0.3 is 10.1 Å². The van der Waals surface area contributed by atoms with Crippen LogP contribution in [0.2, 0.25) is 0 Å². The maximum Gasteiger partial charge on any atom is 0.407 e. The van der Waals surface area contributed by atoms with Gasteiger partial charge in [-0.15, -0.1) is 0 Å². The molecule has 0 spiro atoms. The van der Waals surface area contributed by atoms with E-state index < -0.39 is 5.60 Å². The van der Waals surface area contributed by atoms with Crippen LogP contribution in [0.15, 0.2) is 36.4 Å². The molecule has 1 aliphatic rings. The minimum Gasteiger partial charge on any atom is -0.444 e. The fourth-order valence-corrected chi connectivity index (χ4v) is 3.42. The zero-order valence-electron chi connectivity index (χ0n) is 14.7. The number of pyridine rings is 1. The van der Waals surface area contributed by atoms with Crippen molar-refractivity contribution in [1.82, 2.24) is 10.3 Å². The first-order valence-electron chi connectivity index (χ1n) is 8.75. The maximum atomic E-state index is 12.0. The van der Waals surface area contributed by atoms with Crippen LogP contribution in [0.3, 0.4) is 0 Å². The first-order chi connectivity index (χ1) is 11.4. The first-order valence-corrected chi connectivity index (χ1v) is 8.75. The standard InChI is InChI=1S/C20H26N2O2/c1-20(2,3)24-19(23)22-18-10-6-8-15(18)13-16-12-11-14-7-4-5-9-17(14)21-16/h4-5,7,9,11-12,15,18H,6,8,10,13H2,1-3H3,(H,22,23)/t15-,18-/m1/s1. The Morgan fingerprint density at radius 2 is 2.00 bits per heavy atom. The van der Waals surface area contributed by atoms with Crippen LogP contribution in [-0.4, -0.2) is 22.7 Å². The summed E-state index contributed by atoms with van der Waals surface area (Å²) < 4.78 is 5.39. The molecule has 24 heavy (non-hydrogen) atoms. The Morgan fingerprint density at radius 1 is 1.21 bits per heavy atom. The molecule has 1 fully saturated rings. The number of carbonyl (C=O) groups is 1. The van der Waals surface area contributed by atoms with E-state index in [0.29, 0.717) is 5.92 Å². The number of nitrogens with one attached hydrogen (secondary N) is 1. The highest BCUT2D eigenvalue weighted by atomic mass is 16.6. The summed E-state index contributed by atoms with van der Waals surface area (Å²) in [6, 6.07) is 12.6. The summed E-state index contributed by atoms with van der Waals surface area (Å²) in [7, 11) is 0. The van der Waals surface area contributed by atoms with Gasteiger partial charge in [0.25, 0.3) is 0 Å². The van der Waals surface area contributed by atoms with Gasteiger partial charge in [-0.05, 0) is 58.1 Å². The smallest absolute Gasteiger partial charge is 0.407 e. The minimum absolute atomic E-state index is 0.174. The van der Waals surface area contributed by atoms with Gasteiger partial charge in [0.2, 0.25) is 0 Å². The van der Waals surface area contributed by atoms with Gasteiger partial charge in [0.1, 0.15) is 5.60 Å². The van der Waals surface area contributed by atoms with Crippen molar-refractivity contribution in [3.63, 3.8) is 0 Å². The van der Waals surface area contributed by atoms with Gasteiger partial charge in [0, 0.05) is 17.1 Å². The molecular formula is C20H26N2O2. The van der Waals surface area contributed by atoms with E-state index in [4.69, 9.17) is 9.72 Å². The number of nitrogens with zero attached hydrogens (tertiary/aromatic N) is 1. The SMILES string of the molecule is CC(C)(C)OC(=O)N[C@@H]1CCC[C@@H]1Cc1ccc2ccccc2n1. The number of aromatic nitrogens is 1. The number of alkyl carbamates (subject to hydrolysis) is 1. The molecule has 1 aromatic carbocycles. The second kappa shape index (κ2) is 6.80. The zero-order valence-corrected chi connectivity index (χ0v) is 14.7. The Bertz CT molecular complexity index is 721. The number of benzene rings is 1. The Labute approximate surface area is 143 Å². The average molecular weight is 326 g/mol.